The Morgan fingerprint density at radius 2 is 1.84 bits per heavy atom. The zero-order valence-electron chi connectivity index (χ0n) is 10.9. The van der Waals surface area contributed by atoms with Crippen molar-refractivity contribution in [1.82, 2.24) is 0 Å². The predicted molar refractivity (Wildman–Crippen MR) is 74.6 cm³/mol. The maximum Gasteiger partial charge on any atom is 0.330 e. The highest BCUT2D eigenvalue weighted by atomic mass is 16.5. The molecule has 0 bridgehead atoms. The monoisotopic (exact) mass is 258 g/mol. The molecule has 3 heteroatoms. The van der Waals surface area contributed by atoms with E-state index in [1.165, 1.54) is 6.08 Å². The van der Waals surface area contributed by atoms with Gasteiger partial charge in [0.15, 0.2) is 5.78 Å². The molecule has 0 aromatic heterocycles. The minimum atomic E-state index is -0.468. The fraction of sp³-hybridized carbons (Fsp3) is 0.250. The highest BCUT2D eigenvalue weighted by Crippen LogP contribution is 2.14. The molecule has 0 heterocycles. The van der Waals surface area contributed by atoms with Crippen LogP contribution in [-0.2, 0) is 20.7 Å². The van der Waals surface area contributed by atoms with Gasteiger partial charge in [0.2, 0.25) is 0 Å². The van der Waals surface area contributed by atoms with E-state index < -0.39 is 5.97 Å². The molecule has 0 radical (unpaired) electrons. The zero-order valence-corrected chi connectivity index (χ0v) is 10.9. The molecule has 100 valence electrons. The maximum atomic E-state index is 11.4. The molecule has 0 aliphatic carbocycles. The van der Waals surface area contributed by atoms with Gasteiger partial charge in [-0.25, -0.2) is 4.79 Å². The number of allylic oxidation sites excluding steroid dienone is 1. The molecule has 3 nitrogen and oxygen atoms in total. The number of carbonyl (C=O) groups excluding carboxylic acids is 2. The van der Waals surface area contributed by atoms with Crippen LogP contribution in [0.1, 0.15) is 12.0 Å². The van der Waals surface area contributed by atoms with Gasteiger partial charge in [0.1, 0.15) is 0 Å². The van der Waals surface area contributed by atoms with Crippen LogP contribution in [0, 0.1) is 5.92 Å². The fourth-order valence-electron chi connectivity index (χ4n) is 1.76. The van der Waals surface area contributed by atoms with E-state index in [4.69, 9.17) is 4.74 Å². The van der Waals surface area contributed by atoms with E-state index in [-0.39, 0.29) is 18.3 Å². The van der Waals surface area contributed by atoms with Crippen molar-refractivity contribution in [2.45, 2.75) is 12.8 Å². The third kappa shape index (κ3) is 5.82. The van der Waals surface area contributed by atoms with Crippen molar-refractivity contribution in [3.05, 3.63) is 61.2 Å². The Morgan fingerprint density at radius 1 is 1.16 bits per heavy atom. The summed E-state index contributed by atoms with van der Waals surface area (Å²) in [6.45, 7) is 7.01. The molecule has 1 unspecified atom stereocenters. The summed E-state index contributed by atoms with van der Waals surface area (Å²) in [7, 11) is 0. The number of benzene rings is 1. The normalized spacial score (nSPS) is 11.4. The molecule has 0 N–H and O–H groups in total. The van der Waals surface area contributed by atoms with Crippen molar-refractivity contribution >= 4 is 11.8 Å². The number of ether oxygens (including phenoxy) is 1. The van der Waals surface area contributed by atoms with Gasteiger partial charge in [-0.1, -0.05) is 43.5 Å². The van der Waals surface area contributed by atoms with Gasteiger partial charge in [0.25, 0.3) is 0 Å². The first-order valence-electron chi connectivity index (χ1n) is 6.14. The van der Waals surface area contributed by atoms with Gasteiger partial charge in [-0.15, -0.1) is 0 Å². The van der Waals surface area contributed by atoms with E-state index in [2.05, 4.69) is 13.2 Å². The molecule has 0 spiro atoms. The molecular formula is C16H18O3. The lowest BCUT2D eigenvalue weighted by Gasteiger charge is -2.15. The molecule has 1 aromatic rings. The standard InChI is InChI=1S/C16H18O3/c1-3-15(17)11-14(12-19-16(18)4-2)10-13-8-6-5-7-9-13/h3-9,14H,1-2,10-12H2. The third-order valence-electron chi connectivity index (χ3n) is 2.71. The van der Waals surface area contributed by atoms with Crippen molar-refractivity contribution < 1.29 is 14.3 Å². The van der Waals surface area contributed by atoms with Crippen molar-refractivity contribution in [3.63, 3.8) is 0 Å². The largest absolute Gasteiger partial charge is 0.462 e. The summed E-state index contributed by atoms with van der Waals surface area (Å²) in [6.07, 6.45) is 3.43. The van der Waals surface area contributed by atoms with Gasteiger partial charge in [0, 0.05) is 18.4 Å². The summed E-state index contributed by atoms with van der Waals surface area (Å²) in [5.74, 6) is -0.559. The van der Waals surface area contributed by atoms with Crippen molar-refractivity contribution in [3.8, 4) is 0 Å². The quantitative estimate of drug-likeness (QED) is 0.532. The lowest BCUT2D eigenvalue weighted by Crippen LogP contribution is -2.18. The SMILES string of the molecule is C=CC(=O)CC(COC(=O)C=C)Cc1ccccc1. The molecule has 0 saturated carbocycles. The summed E-state index contributed by atoms with van der Waals surface area (Å²) < 4.78 is 5.03. The van der Waals surface area contributed by atoms with E-state index in [0.717, 1.165) is 11.6 Å². The fourth-order valence-corrected chi connectivity index (χ4v) is 1.76. The van der Waals surface area contributed by atoms with Crippen molar-refractivity contribution in [2.24, 2.45) is 5.92 Å². The Labute approximate surface area is 113 Å². The van der Waals surface area contributed by atoms with Gasteiger partial charge in [-0.05, 0) is 18.1 Å². The minimum absolute atomic E-state index is 0.0446. The van der Waals surface area contributed by atoms with Gasteiger partial charge in [-0.2, -0.15) is 0 Å². The van der Waals surface area contributed by atoms with Crippen LogP contribution in [0.2, 0.25) is 0 Å². The Balaban J connectivity index is 2.63. The first-order valence-corrected chi connectivity index (χ1v) is 6.14. The maximum absolute atomic E-state index is 11.4. The summed E-state index contributed by atoms with van der Waals surface area (Å²) in [6, 6.07) is 9.79. The van der Waals surface area contributed by atoms with Crippen LogP contribution in [0.3, 0.4) is 0 Å². The van der Waals surface area contributed by atoms with Crippen molar-refractivity contribution in [1.29, 1.82) is 0 Å². The van der Waals surface area contributed by atoms with Crippen molar-refractivity contribution in [2.75, 3.05) is 6.61 Å². The first-order chi connectivity index (χ1) is 9.15. The van der Waals surface area contributed by atoms with Gasteiger partial charge in [-0.3, -0.25) is 4.79 Å². The molecule has 0 fully saturated rings. The van der Waals surface area contributed by atoms with E-state index in [9.17, 15) is 9.59 Å². The molecule has 1 atom stereocenters. The van der Waals surface area contributed by atoms with E-state index >= 15 is 0 Å². The van der Waals surface area contributed by atoms with Crippen LogP contribution in [0.5, 0.6) is 0 Å². The summed E-state index contributed by atoms with van der Waals surface area (Å²) in [5.41, 5.74) is 1.11. The molecule has 1 rings (SSSR count). The second kappa shape index (κ2) is 8.03. The Bertz CT molecular complexity index is 448. The summed E-state index contributed by atoms with van der Waals surface area (Å²) in [4.78, 5) is 22.5. The van der Waals surface area contributed by atoms with Crippen LogP contribution >= 0.6 is 0 Å². The topological polar surface area (TPSA) is 43.4 Å². The predicted octanol–water partition coefficient (Wildman–Crippen LogP) is 2.72. The Hall–Kier alpha value is -2.16. The Kier molecular flexibility index (Phi) is 6.30. The van der Waals surface area contributed by atoms with Gasteiger partial charge >= 0.3 is 5.97 Å². The van der Waals surface area contributed by atoms with E-state index in [1.54, 1.807) is 0 Å². The van der Waals surface area contributed by atoms with E-state index in [0.29, 0.717) is 12.8 Å². The van der Waals surface area contributed by atoms with E-state index in [1.807, 2.05) is 30.3 Å². The third-order valence-corrected chi connectivity index (χ3v) is 2.71. The number of hydrogen-bond acceptors (Lipinski definition) is 3. The number of ketones is 1. The number of carbonyl (C=O) groups is 2. The molecule has 0 aliphatic rings. The molecule has 1 aromatic carbocycles. The van der Waals surface area contributed by atoms with Crippen LogP contribution in [0.4, 0.5) is 0 Å². The highest BCUT2D eigenvalue weighted by molar-refractivity contribution is 5.89. The number of hydrogen-bond donors (Lipinski definition) is 0. The minimum Gasteiger partial charge on any atom is -0.462 e. The second-order valence-electron chi connectivity index (χ2n) is 4.26. The Morgan fingerprint density at radius 3 is 2.42 bits per heavy atom. The van der Waals surface area contributed by atoms with Gasteiger partial charge < -0.3 is 4.74 Å². The van der Waals surface area contributed by atoms with Crippen LogP contribution in [0.15, 0.2) is 55.6 Å². The average molecular weight is 258 g/mol. The molecular weight excluding hydrogens is 240 g/mol. The van der Waals surface area contributed by atoms with Crippen LogP contribution in [0.25, 0.3) is 0 Å². The molecule has 0 amide bonds. The lowest BCUT2D eigenvalue weighted by molar-refractivity contribution is -0.139. The van der Waals surface area contributed by atoms with Crippen LogP contribution < -0.4 is 0 Å². The number of rotatable bonds is 8. The summed E-state index contributed by atoms with van der Waals surface area (Å²) in [5, 5.41) is 0. The number of esters is 1. The summed E-state index contributed by atoms with van der Waals surface area (Å²) >= 11 is 0. The smallest absolute Gasteiger partial charge is 0.330 e. The molecule has 19 heavy (non-hydrogen) atoms. The van der Waals surface area contributed by atoms with Gasteiger partial charge in [0.05, 0.1) is 6.61 Å². The highest BCUT2D eigenvalue weighted by Gasteiger charge is 2.15. The average Bonchev–Trinajstić information content (AvgIpc) is 2.45. The first kappa shape index (κ1) is 14.9. The second-order valence-corrected chi connectivity index (χ2v) is 4.26. The zero-order chi connectivity index (χ0) is 14.1. The molecule has 0 saturated heterocycles. The molecule has 0 aliphatic heterocycles. The lowest BCUT2D eigenvalue weighted by atomic mass is 9.95. The van der Waals surface area contributed by atoms with Crippen LogP contribution in [-0.4, -0.2) is 18.4 Å².